The van der Waals surface area contributed by atoms with Gasteiger partial charge >= 0.3 is 0 Å². The summed E-state index contributed by atoms with van der Waals surface area (Å²) in [6.45, 7) is 3.51. The van der Waals surface area contributed by atoms with Crippen LogP contribution in [0, 0.1) is 6.92 Å². The van der Waals surface area contributed by atoms with Crippen molar-refractivity contribution in [1.82, 2.24) is 19.2 Å². The maximum Gasteiger partial charge on any atom is 0.240 e. The van der Waals surface area contributed by atoms with E-state index in [9.17, 15) is 8.42 Å². The van der Waals surface area contributed by atoms with Crippen LogP contribution in [0.3, 0.4) is 0 Å². The number of rotatable bonds is 9. The number of sulfonamides is 1. The van der Waals surface area contributed by atoms with Crippen molar-refractivity contribution in [3.63, 3.8) is 0 Å². The summed E-state index contributed by atoms with van der Waals surface area (Å²) >= 11 is 0. The normalized spacial score (nSPS) is 22.6. The summed E-state index contributed by atoms with van der Waals surface area (Å²) in [5, 5.41) is 0. The van der Waals surface area contributed by atoms with E-state index in [4.69, 9.17) is 4.98 Å². The molecule has 6 rings (SSSR count). The van der Waals surface area contributed by atoms with Gasteiger partial charge in [0, 0.05) is 24.7 Å². The van der Waals surface area contributed by atoms with E-state index in [1.54, 1.807) is 24.3 Å². The van der Waals surface area contributed by atoms with E-state index >= 15 is 0 Å². The van der Waals surface area contributed by atoms with Crippen LogP contribution in [0.25, 0.3) is 11.0 Å². The Morgan fingerprint density at radius 2 is 1.50 bits per heavy atom. The van der Waals surface area contributed by atoms with Gasteiger partial charge in [0.25, 0.3) is 0 Å². The lowest BCUT2D eigenvalue weighted by molar-refractivity contribution is 0.104. The molecule has 2 aliphatic rings. The van der Waals surface area contributed by atoms with Crippen LogP contribution in [0.5, 0.6) is 0 Å². The van der Waals surface area contributed by atoms with Crippen molar-refractivity contribution in [3.05, 3.63) is 96.3 Å². The highest BCUT2D eigenvalue weighted by atomic mass is 32.2. The number of hydrogen-bond acceptors (Lipinski definition) is 4. The summed E-state index contributed by atoms with van der Waals surface area (Å²) < 4.78 is 31.2. The van der Waals surface area contributed by atoms with Crippen LogP contribution < -0.4 is 4.72 Å². The Morgan fingerprint density at radius 3 is 2.21 bits per heavy atom. The van der Waals surface area contributed by atoms with Crippen molar-refractivity contribution in [1.29, 1.82) is 0 Å². The standard InChI is InChI=1S/C31H36N4O2S/c1-23-33-30-14-8-9-15-31(30)35(23)28-20-26-16-17-27(21-28)34(26)19-18-25(24-10-4-2-5-11-24)22-32-38(36,37)29-12-6-3-7-13-29/h2-15,25-28,32H,16-22H2,1H3/t25?,26-,27+,28+. The molecule has 1 unspecified atom stereocenters. The lowest BCUT2D eigenvalue weighted by Gasteiger charge is -2.40. The number of imidazole rings is 1. The number of aryl methyl sites for hydroxylation is 1. The fraction of sp³-hybridized carbons (Fsp3) is 0.387. The van der Waals surface area contributed by atoms with Gasteiger partial charge in [-0.2, -0.15) is 0 Å². The minimum absolute atomic E-state index is 0.117. The van der Waals surface area contributed by atoms with Gasteiger partial charge in [-0.25, -0.2) is 18.1 Å². The molecule has 0 spiro atoms. The second-order valence-electron chi connectivity index (χ2n) is 10.8. The van der Waals surface area contributed by atoms with Crippen molar-refractivity contribution in [2.75, 3.05) is 13.1 Å². The molecule has 0 aliphatic carbocycles. The lowest BCUT2D eigenvalue weighted by atomic mass is 9.93. The first kappa shape index (κ1) is 25.3. The quantitative estimate of drug-likeness (QED) is 0.304. The number of piperidine rings is 1. The average Bonchev–Trinajstić information content (AvgIpc) is 3.40. The van der Waals surface area contributed by atoms with Crippen LogP contribution >= 0.6 is 0 Å². The molecule has 2 saturated heterocycles. The molecule has 2 bridgehead atoms. The first-order valence-corrected chi connectivity index (χ1v) is 15.3. The van der Waals surface area contributed by atoms with Gasteiger partial charge in [0.15, 0.2) is 0 Å². The Hall–Kier alpha value is -3.00. The van der Waals surface area contributed by atoms with Crippen molar-refractivity contribution < 1.29 is 8.42 Å². The van der Waals surface area contributed by atoms with E-state index in [1.807, 2.05) is 24.3 Å². The molecule has 198 valence electrons. The van der Waals surface area contributed by atoms with Gasteiger partial charge in [0.2, 0.25) is 10.0 Å². The van der Waals surface area contributed by atoms with Crippen LogP contribution in [0.4, 0.5) is 0 Å². The van der Waals surface area contributed by atoms with Crippen LogP contribution in [-0.4, -0.2) is 48.0 Å². The highest BCUT2D eigenvalue weighted by Crippen LogP contribution is 2.42. The summed E-state index contributed by atoms with van der Waals surface area (Å²) in [6.07, 6.45) is 5.70. The molecule has 3 heterocycles. The molecule has 2 fully saturated rings. The second kappa shape index (κ2) is 10.6. The zero-order valence-corrected chi connectivity index (χ0v) is 22.7. The van der Waals surface area contributed by atoms with E-state index < -0.39 is 10.0 Å². The topological polar surface area (TPSA) is 67.2 Å². The van der Waals surface area contributed by atoms with Gasteiger partial charge in [-0.15, -0.1) is 0 Å². The van der Waals surface area contributed by atoms with Crippen LogP contribution in [0.15, 0.2) is 89.8 Å². The monoisotopic (exact) mass is 528 g/mol. The summed E-state index contributed by atoms with van der Waals surface area (Å²) in [4.78, 5) is 7.86. The number of aromatic nitrogens is 2. The maximum atomic E-state index is 12.9. The molecule has 0 saturated carbocycles. The van der Waals surface area contributed by atoms with E-state index in [2.05, 4.69) is 57.5 Å². The second-order valence-corrected chi connectivity index (χ2v) is 12.6. The van der Waals surface area contributed by atoms with Crippen LogP contribution in [0.2, 0.25) is 0 Å². The highest BCUT2D eigenvalue weighted by Gasteiger charge is 2.41. The van der Waals surface area contributed by atoms with Crippen LogP contribution in [-0.2, 0) is 10.0 Å². The Kier molecular flexibility index (Phi) is 7.08. The number of hydrogen-bond donors (Lipinski definition) is 1. The highest BCUT2D eigenvalue weighted by molar-refractivity contribution is 7.89. The fourth-order valence-corrected chi connectivity index (χ4v) is 7.86. The van der Waals surface area contributed by atoms with Gasteiger partial charge in [-0.05, 0) is 81.3 Å². The van der Waals surface area contributed by atoms with E-state index in [1.165, 1.54) is 23.9 Å². The van der Waals surface area contributed by atoms with Gasteiger partial charge in [0.05, 0.1) is 15.9 Å². The summed E-state index contributed by atoms with van der Waals surface area (Å²) in [5.74, 6) is 1.23. The molecule has 4 atom stereocenters. The molecule has 1 N–H and O–H groups in total. The third-order valence-corrected chi connectivity index (χ3v) is 10.0. The Bertz CT molecular complexity index is 1470. The molecular weight excluding hydrogens is 492 g/mol. The maximum absolute atomic E-state index is 12.9. The van der Waals surface area contributed by atoms with E-state index in [0.717, 1.165) is 37.1 Å². The molecule has 6 nitrogen and oxygen atoms in total. The summed E-state index contributed by atoms with van der Waals surface area (Å²) in [5.41, 5.74) is 3.52. The third-order valence-electron chi connectivity index (χ3n) is 8.58. The lowest BCUT2D eigenvalue weighted by Crippen LogP contribution is -2.44. The van der Waals surface area contributed by atoms with Crippen molar-refractivity contribution >= 4 is 21.1 Å². The molecule has 0 amide bonds. The van der Waals surface area contributed by atoms with E-state index in [0.29, 0.717) is 29.6 Å². The number of benzene rings is 3. The first-order valence-electron chi connectivity index (χ1n) is 13.8. The fourth-order valence-electron chi connectivity index (χ4n) is 6.76. The predicted molar refractivity (Wildman–Crippen MR) is 152 cm³/mol. The van der Waals surface area contributed by atoms with Gasteiger partial charge in [0.1, 0.15) is 5.82 Å². The summed E-state index contributed by atoms with van der Waals surface area (Å²) in [7, 11) is -3.54. The smallest absolute Gasteiger partial charge is 0.240 e. The first-order chi connectivity index (χ1) is 18.5. The Morgan fingerprint density at radius 1 is 0.868 bits per heavy atom. The van der Waals surface area contributed by atoms with E-state index in [-0.39, 0.29) is 5.92 Å². The zero-order valence-electron chi connectivity index (χ0n) is 21.9. The average molecular weight is 529 g/mol. The zero-order chi connectivity index (χ0) is 26.1. The van der Waals surface area contributed by atoms with Crippen LogP contribution in [0.1, 0.15) is 55.5 Å². The SMILES string of the molecule is Cc1nc2ccccc2n1[C@H]1C[C@H]2CC[C@@H](C1)N2CCC(CNS(=O)(=O)c1ccccc1)c1ccccc1. The van der Waals surface area contributed by atoms with Gasteiger partial charge < -0.3 is 4.57 Å². The third kappa shape index (κ3) is 5.03. The minimum Gasteiger partial charge on any atom is -0.325 e. The predicted octanol–water partition coefficient (Wildman–Crippen LogP) is 5.67. The minimum atomic E-state index is -3.54. The molecule has 1 aromatic heterocycles. The summed E-state index contributed by atoms with van der Waals surface area (Å²) in [6, 6.07) is 29.1. The van der Waals surface area contributed by atoms with Gasteiger partial charge in [-0.1, -0.05) is 60.7 Å². The molecule has 7 heteroatoms. The Labute approximate surface area is 225 Å². The molecular formula is C31H36N4O2S. The molecule has 3 aromatic carbocycles. The Balaban J connectivity index is 1.15. The largest absolute Gasteiger partial charge is 0.325 e. The molecule has 2 aliphatic heterocycles. The number of nitrogens with zero attached hydrogens (tertiary/aromatic N) is 3. The number of nitrogens with one attached hydrogen (secondary N) is 1. The molecule has 38 heavy (non-hydrogen) atoms. The van der Waals surface area contributed by atoms with Crippen molar-refractivity contribution in [2.24, 2.45) is 0 Å². The number of fused-ring (bicyclic) bond motifs is 3. The molecule has 0 radical (unpaired) electrons. The van der Waals surface area contributed by atoms with Crippen molar-refractivity contribution in [3.8, 4) is 0 Å². The molecule has 4 aromatic rings. The number of para-hydroxylation sites is 2. The van der Waals surface area contributed by atoms with Gasteiger partial charge in [-0.3, -0.25) is 4.90 Å². The van der Waals surface area contributed by atoms with Crippen molar-refractivity contribution in [2.45, 2.75) is 68.0 Å².